The van der Waals surface area contributed by atoms with Gasteiger partial charge in [0.2, 0.25) is 0 Å². The molecule has 1 unspecified atom stereocenters. The first-order chi connectivity index (χ1) is 7.88. The monoisotopic (exact) mass is 280 g/mol. The van der Waals surface area contributed by atoms with Gasteiger partial charge in [0, 0.05) is 6.08 Å². The molecule has 0 aromatic rings. The summed E-state index contributed by atoms with van der Waals surface area (Å²) >= 11 is 0. The van der Waals surface area contributed by atoms with Crippen molar-refractivity contribution < 1.29 is 46.8 Å². The normalized spacial score (nSPS) is 15.1. The van der Waals surface area contributed by atoms with Crippen LogP contribution in [0.3, 0.4) is 0 Å². The van der Waals surface area contributed by atoms with Gasteiger partial charge in [0.15, 0.2) is 6.10 Å². The Labute approximate surface area is 97.1 Å². The molecule has 106 valence electrons. The van der Waals surface area contributed by atoms with Crippen molar-refractivity contribution in [1.29, 1.82) is 0 Å². The molecular weight excluding hydrogens is 271 g/mol. The minimum absolute atomic E-state index is 0.514. The van der Waals surface area contributed by atoms with Crippen molar-refractivity contribution in [3.63, 3.8) is 0 Å². The Morgan fingerprint density at radius 2 is 1.72 bits per heavy atom. The lowest BCUT2D eigenvalue weighted by atomic mass is 10.0. The van der Waals surface area contributed by atoms with Crippen molar-refractivity contribution in [2.75, 3.05) is 6.61 Å². The van der Waals surface area contributed by atoms with Crippen LogP contribution in [0.2, 0.25) is 0 Å². The fourth-order valence-electron chi connectivity index (χ4n) is 0.746. The van der Waals surface area contributed by atoms with Gasteiger partial charge in [0.1, 0.15) is 6.61 Å². The van der Waals surface area contributed by atoms with Gasteiger partial charge in [-0.25, -0.2) is 4.79 Å². The molecule has 0 fully saturated rings. The first-order valence-corrected chi connectivity index (χ1v) is 4.24. The third kappa shape index (κ3) is 3.15. The fraction of sp³-hybridized carbons (Fsp3) is 0.625. The highest BCUT2D eigenvalue weighted by molar-refractivity contribution is 5.81. The average Bonchev–Trinajstić information content (AvgIpc) is 2.23. The van der Waals surface area contributed by atoms with Crippen LogP contribution < -0.4 is 0 Å². The number of hydrogen-bond donors (Lipinski definition) is 3. The van der Waals surface area contributed by atoms with E-state index in [0.29, 0.717) is 6.08 Å². The van der Waals surface area contributed by atoms with E-state index >= 15 is 0 Å². The third-order valence-electron chi connectivity index (χ3n) is 1.83. The number of aliphatic hydroxyl groups excluding tert-OH is 1. The Hall–Kier alpha value is -1.26. The Kier molecular flexibility index (Phi) is 4.80. The molecule has 0 radical (unpaired) electrons. The van der Waals surface area contributed by atoms with Crippen LogP contribution in [0.4, 0.5) is 22.0 Å². The minimum Gasteiger partial charge on any atom is -0.460 e. The largest absolute Gasteiger partial charge is 0.460 e. The first kappa shape index (κ1) is 16.7. The number of hydrogen-bond acceptors (Lipinski definition) is 5. The molecule has 0 aliphatic carbocycles. The minimum atomic E-state index is -6.11. The second-order valence-electron chi connectivity index (χ2n) is 3.14. The van der Waals surface area contributed by atoms with Crippen LogP contribution in [0.25, 0.3) is 0 Å². The lowest BCUT2D eigenvalue weighted by Crippen LogP contribution is -2.64. The van der Waals surface area contributed by atoms with Crippen LogP contribution in [0.5, 0.6) is 0 Å². The molecule has 0 aliphatic rings. The van der Waals surface area contributed by atoms with Gasteiger partial charge in [-0.05, 0) is 0 Å². The smallest absolute Gasteiger partial charge is 0.449 e. The number of alkyl halides is 5. The lowest BCUT2D eigenvalue weighted by Gasteiger charge is -2.34. The maximum Gasteiger partial charge on any atom is 0.449 e. The van der Waals surface area contributed by atoms with E-state index in [2.05, 4.69) is 11.3 Å². The number of ether oxygens (including phenoxy) is 1. The Bertz CT molecular complexity index is 324. The van der Waals surface area contributed by atoms with Crippen LogP contribution >= 0.6 is 0 Å². The second kappa shape index (κ2) is 5.16. The Balaban J connectivity index is 4.91. The number of esters is 1. The van der Waals surface area contributed by atoms with Crippen molar-refractivity contribution in [3.05, 3.63) is 12.7 Å². The molecule has 0 aromatic carbocycles. The Morgan fingerprint density at radius 1 is 1.28 bits per heavy atom. The molecule has 0 saturated heterocycles. The van der Waals surface area contributed by atoms with E-state index < -0.39 is 36.6 Å². The molecule has 0 heterocycles. The molecule has 0 bridgehead atoms. The molecule has 0 rings (SSSR count). The van der Waals surface area contributed by atoms with Crippen LogP contribution in [0.15, 0.2) is 12.7 Å². The molecular formula is C8H9F5O5. The Morgan fingerprint density at radius 3 is 2.06 bits per heavy atom. The number of rotatable bonds is 5. The molecule has 18 heavy (non-hydrogen) atoms. The van der Waals surface area contributed by atoms with Crippen LogP contribution in [0.1, 0.15) is 0 Å². The molecule has 0 amide bonds. The van der Waals surface area contributed by atoms with Crippen molar-refractivity contribution in [2.45, 2.75) is 24.0 Å². The van der Waals surface area contributed by atoms with Crippen LogP contribution in [0, 0.1) is 0 Å². The van der Waals surface area contributed by atoms with Crippen molar-refractivity contribution in [3.8, 4) is 0 Å². The standard InChI is InChI=1S/C8H9F5O5/c1-2-5(15)18-3-4(14)6(9,10)7(16,17)8(11,12)13/h2,4,14,16-17H,1,3H2. The van der Waals surface area contributed by atoms with Crippen molar-refractivity contribution >= 4 is 5.97 Å². The molecule has 0 aromatic heterocycles. The summed E-state index contributed by atoms with van der Waals surface area (Å²) in [6.45, 7) is 1.29. The second-order valence-corrected chi connectivity index (χ2v) is 3.14. The van der Waals surface area contributed by atoms with Crippen LogP contribution in [-0.2, 0) is 9.53 Å². The lowest BCUT2D eigenvalue weighted by molar-refractivity contribution is -0.429. The summed E-state index contributed by atoms with van der Waals surface area (Å²) in [5.41, 5.74) is 0. The predicted molar refractivity (Wildman–Crippen MR) is 45.3 cm³/mol. The van der Waals surface area contributed by atoms with E-state index in [1.54, 1.807) is 0 Å². The number of aliphatic hydroxyl groups is 3. The zero-order chi connectivity index (χ0) is 14.8. The maximum absolute atomic E-state index is 13.0. The zero-order valence-corrected chi connectivity index (χ0v) is 8.62. The topological polar surface area (TPSA) is 87.0 Å². The van der Waals surface area contributed by atoms with Gasteiger partial charge in [-0.2, -0.15) is 22.0 Å². The van der Waals surface area contributed by atoms with E-state index in [1.165, 1.54) is 0 Å². The molecule has 5 nitrogen and oxygen atoms in total. The fourth-order valence-corrected chi connectivity index (χ4v) is 0.746. The molecule has 10 heteroatoms. The SMILES string of the molecule is C=CC(=O)OCC(O)C(F)(F)C(O)(O)C(F)(F)F. The summed E-state index contributed by atoms with van der Waals surface area (Å²) in [6, 6.07) is 0. The molecule has 0 spiro atoms. The summed E-state index contributed by atoms with van der Waals surface area (Å²) in [4.78, 5) is 10.4. The van der Waals surface area contributed by atoms with Crippen molar-refractivity contribution in [1.82, 2.24) is 0 Å². The van der Waals surface area contributed by atoms with Gasteiger partial charge in [0.05, 0.1) is 0 Å². The number of carbonyl (C=O) groups excluding carboxylic acids is 1. The van der Waals surface area contributed by atoms with Gasteiger partial charge >= 0.3 is 23.9 Å². The quantitative estimate of drug-likeness (QED) is 0.284. The first-order valence-electron chi connectivity index (χ1n) is 4.24. The third-order valence-corrected chi connectivity index (χ3v) is 1.83. The highest BCUT2D eigenvalue weighted by Gasteiger charge is 2.71. The summed E-state index contributed by atoms with van der Waals surface area (Å²) < 4.78 is 65.6. The highest BCUT2D eigenvalue weighted by Crippen LogP contribution is 2.41. The molecule has 0 aliphatic heterocycles. The van der Waals surface area contributed by atoms with E-state index in [0.717, 1.165) is 0 Å². The zero-order valence-electron chi connectivity index (χ0n) is 8.62. The average molecular weight is 280 g/mol. The van der Waals surface area contributed by atoms with E-state index in [-0.39, 0.29) is 0 Å². The highest BCUT2D eigenvalue weighted by atomic mass is 19.4. The van der Waals surface area contributed by atoms with E-state index in [9.17, 15) is 26.7 Å². The van der Waals surface area contributed by atoms with E-state index in [1.807, 2.05) is 0 Å². The number of carbonyl (C=O) groups is 1. The summed E-state index contributed by atoms with van der Waals surface area (Å²) in [7, 11) is 0. The van der Waals surface area contributed by atoms with Gasteiger partial charge in [-0.3, -0.25) is 0 Å². The predicted octanol–water partition coefficient (Wildman–Crippen LogP) is -0.0450. The van der Waals surface area contributed by atoms with Gasteiger partial charge in [0.25, 0.3) is 0 Å². The molecule has 0 saturated carbocycles. The molecule has 1 atom stereocenters. The van der Waals surface area contributed by atoms with Crippen LogP contribution in [-0.4, -0.2) is 51.9 Å². The maximum atomic E-state index is 13.0. The summed E-state index contributed by atoms with van der Waals surface area (Å²) in [5.74, 6) is -12.1. The molecule has 3 N–H and O–H groups in total. The summed E-state index contributed by atoms with van der Waals surface area (Å²) in [5, 5.41) is 25.4. The van der Waals surface area contributed by atoms with Gasteiger partial charge in [-0.1, -0.05) is 6.58 Å². The van der Waals surface area contributed by atoms with E-state index in [4.69, 9.17) is 15.3 Å². The van der Waals surface area contributed by atoms with Gasteiger partial charge < -0.3 is 20.1 Å². The van der Waals surface area contributed by atoms with Crippen molar-refractivity contribution in [2.24, 2.45) is 0 Å². The number of halogens is 5. The van der Waals surface area contributed by atoms with Gasteiger partial charge in [-0.15, -0.1) is 0 Å². The summed E-state index contributed by atoms with van der Waals surface area (Å²) in [6.07, 6.45) is -8.86.